The number of benzene rings is 1. The van der Waals surface area contributed by atoms with Crippen molar-refractivity contribution >= 4 is 27.3 Å². The third-order valence-corrected chi connectivity index (χ3v) is 10.4. The molecule has 3 aliphatic rings. The van der Waals surface area contributed by atoms with Crippen LogP contribution in [0.3, 0.4) is 0 Å². The van der Waals surface area contributed by atoms with E-state index in [9.17, 15) is 9.18 Å². The number of methoxy groups -OCH3 is 1. The van der Waals surface area contributed by atoms with Crippen molar-refractivity contribution in [1.82, 2.24) is 25.0 Å². The highest BCUT2D eigenvalue weighted by Crippen LogP contribution is 2.50. The summed E-state index contributed by atoms with van der Waals surface area (Å²) in [5.41, 5.74) is 5.03. The van der Waals surface area contributed by atoms with Gasteiger partial charge in [-0.25, -0.2) is 4.39 Å². The molecule has 1 spiro atoms. The van der Waals surface area contributed by atoms with Gasteiger partial charge in [-0.05, 0) is 60.8 Å². The van der Waals surface area contributed by atoms with Crippen LogP contribution < -0.4 is 10.1 Å². The molecule has 3 aromatic heterocycles. The van der Waals surface area contributed by atoms with Crippen LogP contribution in [0.25, 0.3) is 32.5 Å². The first-order valence-electron chi connectivity index (χ1n) is 15.0. The molecule has 1 aliphatic carbocycles. The molecule has 0 radical (unpaired) electrons. The SMILES string of the molecule is C=CC(=O)N1CC(n2cc(-c3nc(C4CCC5(CC4)CNC5)c4ccsc4c3-c3ccc(F)cc3OCCOC)cn2)C1. The fourth-order valence-corrected chi connectivity index (χ4v) is 7.77. The van der Waals surface area contributed by atoms with E-state index in [0.29, 0.717) is 43.4 Å². The number of thiophene rings is 1. The normalized spacial score (nSPS) is 18.5. The maximum Gasteiger partial charge on any atom is 0.246 e. The molecule has 1 saturated carbocycles. The zero-order valence-corrected chi connectivity index (χ0v) is 25.2. The van der Waals surface area contributed by atoms with Gasteiger partial charge in [0.05, 0.1) is 30.2 Å². The standard InChI is InChI=1S/C33H36FN5O3S/c1-3-28(40)38-17-24(18-38)39-16-22(15-36-39)31-29(25-5-4-23(34)14-27(25)42-12-11-41-2)32-26(8-13-43-32)30(37-31)21-6-9-33(10-7-21)19-35-20-33/h3-5,8,13-16,21,24,35H,1,6-7,9-12,17-20H2,2H3. The zero-order valence-electron chi connectivity index (χ0n) is 24.4. The second kappa shape index (κ2) is 11.5. The van der Waals surface area contributed by atoms with Crippen LogP contribution >= 0.6 is 11.3 Å². The van der Waals surface area contributed by atoms with E-state index in [1.807, 2.05) is 17.1 Å². The Morgan fingerprint density at radius 3 is 2.77 bits per heavy atom. The summed E-state index contributed by atoms with van der Waals surface area (Å²) in [6, 6.07) is 6.99. The molecule has 0 bridgehead atoms. The number of ether oxygens (including phenoxy) is 2. The number of nitrogens with one attached hydrogen (secondary N) is 1. The van der Waals surface area contributed by atoms with Gasteiger partial charge >= 0.3 is 0 Å². The molecular weight excluding hydrogens is 565 g/mol. The number of halogens is 1. The molecule has 3 fully saturated rings. The van der Waals surface area contributed by atoms with Crippen LogP contribution in [0.2, 0.25) is 0 Å². The van der Waals surface area contributed by atoms with E-state index in [-0.39, 0.29) is 17.8 Å². The number of carbonyl (C=O) groups is 1. The van der Waals surface area contributed by atoms with Crippen molar-refractivity contribution in [3.8, 4) is 28.1 Å². The number of rotatable bonds is 9. The van der Waals surface area contributed by atoms with Crippen LogP contribution in [0.1, 0.15) is 43.3 Å². The molecule has 1 aromatic carbocycles. The molecule has 0 unspecified atom stereocenters. The Morgan fingerprint density at radius 2 is 2.05 bits per heavy atom. The smallest absolute Gasteiger partial charge is 0.246 e. The van der Waals surface area contributed by atoms with Crippen molar-refractivity contribution in [2.45, 2.75) is 37.6 Å². The number of amides is 1. The lowest BCUT2D eigenvalue weighted by Crippen LogP contribution is -2.54. The van der Waals surface area contributed by atoms with Gasteiger partial charge in [0, 0.05) is 78.2 Å². The Balaban J connectivity index is 1.33. The van der Waals surface area contributed by atoms with E-state index in [4.69, 9.17) is 19.6 Å². The number of hydrogen-bond acceptors (Lipinski definition) is 7. The van der Waals surface area contributed by atoms with Crippen molar-refractivity contribution < 1.29 is 18.7 Å². The van der Waals surface area contributed by atoms with Gasteiger partial charge in [0.25, 0.3) is 0 Å². The maximum atomic E-state index is 14.5. The minimum absolute atomic E-state index is 0.0652. The van der Waals surface area contributed by atoms with E-state index in [0.717, 1.165) is 64.1 Å². The third-order valence-electron chi connectivity index (χ3n) is 9.43. The first kappa shape index (κ1) is 28.2. The van der Waals surface area contributed by atoms with Gasteiger partial charge in [-0.3, -0.25) is 14.5 Å². The lowest BCUT2D eigenvalue weighted by atomic mass is 9.66. The summed E-state index contributed by atoms with van der Waals surface area (Å²) in [4.78, 5) is 19.2. The molecule has 7 rings (SSSR count). The van der Waals surface area contributed by atoms with Gasteiger partial charge in [-0.2, -0.15) is 5.10 Å². The fraction of sp³-hybridized carbons (Fsp3) is 0.424. The fourth-order valence-electron chi connectivity index (χ4n) is 6.80. The molecule has 0 atom stereocenters. The van der Waals surface area contributed by atoms with E-state index in [1.54, 1.807) is 29.4 Å². The summed E-state index contributed by atoms with van der Waals surface area (Å²) in [7, 11) is 1.62. The molecule has 43 heavy (non-hydrogen) atoms. The highest BCUT2D eigenvalue weighted by atomic mass is 32.1. The van der Waals surface area contributed by atoms with Crippen molar-refractivity contribution in [2.24, 2.45) is 5.41 Å². The Bertz CT molecular complexity index is 1660. The second-order valence-corrected chi connectivity index (χ2v) is 13.0. The van der Waals surface area contributed by atoms with Crippen LogP contribution in [0, 0.1) is 11.2 Å². The summed E-state index contributed by atoms with van der Waals surface area (Å²) in [6.45, 7) is 7.73. The Kier molecular flexibility index (Phi) is 7.53. The lowest BCUT2D eigenvalue weighted by molar-refractivity contribution is -0.131. The molecule has 5 heterocycles. The summed E-state index contributed by atoms with van der Waals surface area (Å²) in [5, 5.41) is 11.5. The molecule has 1 N–H and O–H groups in total. The summed E-state index contributed by atoms with van der Waals surface area (Å²) in [5.74, 6) is 0.416. The number of aromatic nitrogens is 3. The van der Waals surface area contributed by atoms with Gasteiger partial charge in [-0.15, -0.1) is 11.3 Å². The number of pyridine rings is 1. The summed E-state index contributed by atoms with van der Waals surface area (Å²) in [6.07, 6.45) is 9.90. The van der Waals surface area contributed by atoms with Crippen LogP contribution in [-0.4, -0.2) is 72.1 Å². The van der Waals surface area contributed by atoms with Gasteiger partial charge in [0.15, 0.2) is 0 Å². The largest absolute Gasteiger partial charge is 0.490 e. The van der Waals surface area contributed by atoms with E-state index in [1.165, 1.54) is 31.1 Å². The van der Waals surface area contributed by atoms with Crippen molar-refractivity contribution in [3.05, 3.63) is 66.2 Å². The van der Waals surface area contributed by atoms with Gasteiger partial charge < -0.3 is 19.7 Å². The third kappa shape index (κ3) is 5.15. The Labute approximate surface area is 254 Å². The van der Waals surface area contributed by atoms with E-state index in [2.05, 4.69) is 23.3 Å². The van der Waals surface area contributed by atoms with E-state index < -0.39 is 0 Å². The molecule has 2 aliphatic heterocycles. The first-order valence-corrected chi connectivity index (χ1v) is 15.9. The minimum atomic E-state index is -0.359. The molecule has 4 aromatic rings. The Morgan fingerprint density at radius 1 is 1.23 bits per heavy atom. The number of likely N-dealkylation sites (tertiary alicyclic amines) is 1. The van der Waals surface area contributed by atoms with Crippen molar-refractivity contribution in [1.29, 1.82) is 0 Å². The van der Waals surface area contributed by atoms with Crippen LogP contribution in [-0.2, 0) is 9.53 Å². The highest BCUT2D eigenvalue weighted by molar-refractivity contribution is 7.17. The van der Waals surface area contributed by atoms with Crippen LogP contribution in [0.15, 0.2) is 54.7 Å². The van der Waals surface area contributed by atoms with Crippen LogP contribution in [0.4, 0.5) is 4.39 Å². The van der Waals surface area contributed by atoms with Crippen LogP contribution in [0.5, 0.6) is 5.75 Å². The monoisotopic (exact) mass is 601 g/mol. The van der Waals surface area contributed by atoms with Crippen molar-refractivity contribution in [2.75, 3.05) is 46.5 Å². The maximum absolute atomic E-state index is 14.5. The molecule has 224 valence electrons. The lowest BCUT2D eigenvalue weighted by Gasteiger charge is -2.47. The second-order valence-electron chi connectivity index (χ2n) is 12.1. The summed E-state index contributed by atoms with van der Waals surface area (Å²) < 4.78 is 28.8. The average molecular weight is 602 g/mol. The molecule has 2 saturated heterocycles. The predicted octanol–water partition coefficient (Wildman–Crippen LogP) is 5.81. The predicted molar refractivity (Wildman–Crippen MR) is 166 cm³/mol. The number of nitrogens with zero attached hydrogens (tertiary/aromatic N) is 4. The molecular formula is C33H36FN5O3S. The minimum Gasteiger partial charge on any atom is -0.490 e. The molecule has 1 amide bonds. The summed E-state index contributed by atoms with van der Waals surface area (Å²) >= 11 is 1.68. The highest BCUT2D eigenvalue weighted by Gasteiger charge is 2.41. The number of hydrogen-bond donors (Lipinski definition) is 1. The van der Waals surface area contributed by atoms with E-state index >= 15 is 0 Å². The zero-order chi connectivity index (χ0) is 29.6. The average Bonchev–Trinajstić information content (AvgIpc) is 3.66. The topological polar surface area (TPSA) is 81.5 Å². The van der Waals surface area contributed by atoms with Gasteiger partial charge in [-0.1, -0.05) is 6.58 Å². The quantitative estimate of drug-likeness (QED) is 0.193. The molecule has 10 heteroatoms. The number of fused-ring (bicyclic) bond motifs is 1. The number of carbonyl (C=O) groups excluding carboxylic acids is 1. The first-order chi connectivity index (χ1) is 21.0. The van der Waals surface area contributed by atoms with Gasteiger partial charge in [0.1, 0.15) is 18.2 Å². The van der Waals surface area contributed by atoms with Crippen molar-refractivity contribution in [3.63, 3.8) is 0 Å². The Hall–Kier alpha value is -3.60. The molecule has 8 nitrogen and oxygen atoms in total. The van der Waals surface area contributed by atoms with Gasteiger partial charge in [0.2, 0.25) is 5.91 Å².